The van der Waals surface area contributed by atoms with Crippen molar-refractivity contribution in [1.82, 2.24) is 5.32 Å². The van der Waals surface area contributed by atoms with Gasteiger partial charge in [-0.3, -0.25) is 0 Å². The fraction of sp³-hybridized carbons (Fsp3) is 0.385. The summed E-state index contributed by atoms with van der Waals surface area (Å²) in [4.78, 5) is 0. The molecule has 0 aromatic heterocycles. The number of benzene rings is 1. The molecule has 0 spiro atoms. The number of ether oxygens (including phenoxy) is 2. The lowest BCUT2D eigenvalue weighted by molar-refractivity contribution is 0.199. The summed E-state index contributed by atoms with van der Waals surface area (Å²) in [5, 5.41) is 3.15. The Hall–Kier alpha value is -0.910. The van der Waals surface area contributed by atoms with E-state index in [4.69, 9.17) is 9.47 Å². The van der Waals surface area contributed by atoms with Crippen LogP contribution < -0.4 is 10.1 Å². The van der Waals surface area contributed by atoms with E-state index in [2.05, 4.69) is 27.8 Å². The van der Waals surface area contributed by atoms with Crippen molar-refractivity contribution in [2.45, 2.75) is 6.54 Å². The Morgan fingerprint density at radius 1 is 1.44 bits per heavy atom. The molecule has 0 aliphatic rings. The standard InChI is InChI=1S/C13H17BrFNO2/c1-10(14)9-18-13-6-11(5-12(15)7-13)8-16-3-4-17-2/h5-7,16H,1,3-4,8-9H2,2H3. The van der Waals surface area contributed by atoms with E-state index >= 15 is 0 Å². The van der Waals surface area contributed by atoms with Crippen molar-refractivity contribution in [2.75, 3.05) is 26.9 Å². The topological polar surface area (TPSA) is 30.5 Å². The summed E-state index contributed by atoms with van der Waals surface area (Å²) in [5.74, 6) is 0.190. The van der Waals surface area contributed by atoms with Crippen LogP contribution in [0.5, 0.6) is 5.75 Å². The molecule has 0 unspecified atom stereocenters. The van der Waals surface area contributed by atoms with Gasteiger partial charge in [-0.15, -0.1) is 0 Å². The zero-order chi connectivity index (χ0) is 13.4. The Balaban J connectivity index is 2.54. The van der Waals surface area contributed by atoms with E-state index in [0.717, 1.165) is 12.1 Å². The van der Waals surface area contributed by atoms with Crippen molar-refractivity contribution in [3.8, 4) is 5.75 Å². The molecule has 0 bridgehead atoms. The maximum absolute atomic E-state index is 13.4. The first-order valence-electron chi connectivity index (χ1n) is 5.57. The molecule has 1 aromatic carbocycles. The van der Waals surface area contributed by atoms with E-state index in [1.807, 2.05) is 0 Å². The zero-order valence-electron chi connectivity index (χ0n) is 10.3. The fourth-order valence-electron chi connectivity index (χ4n) is 1.37. The van der Waals surface area contributed by atoms with Gasteiger partial charge in [0.2, 0.25) is 0 Å². The Morgan fingerprint density at radius 3 is 2.89 bits per heavy atom. The molecule has 1 N–H and O–H groups in total. The molecule has 18 heavy (non-hydrogen) atoms. The molecule has 0 amide bonds. The van der Waals surface area contributed by atoms with Gasteiger partial charge in [-0.25, -0.2) is 4.39 Å². The van der Waals surface area contributed by atoms with Gasteiger partial charge in [-0.05, 0) is 17.7 Å². The molecule has 0 aliphatic heterocycles. The van der Waals surface area contributed by atoms with Gasteiger partial charge in [0.05, 0.1) is 6.61 Å². The SMILES string of the molecule is C=C(Br)COc1cc(F)cc(CNCCOC)c1. The predicted octanol–water partition coefficient (Wildman–Crippen LogP) is 2.85. The van der Waals surface area contributed by atoms with Crippen LogP contribution in [0.2, 0.25) is 0 Å². The summed E-state index contributed by atoms with van der Waals surface area (Å²) >= 11 is 3.19. The second-order valence-electron chi connectivity index (χ2n) is 3.77. The predicted molar refractivity (Wildman–Crippen MR) is 73.5 cm³/mol. The minimum atomic E-state index is -0.309. The molecule has 100 valence electrons. The van der Waals surface area contributed by atoms with Crippen LogP contribution in [0.4, 0.5) is 4.39 Å². The maximum atomic E-state index is 13.4. The molecule has 1 rings (SSSR count). The van der Waals surface area contributed by atoms with Crippen molar-refractivity contribution in [2.24, 2.45) is 0 Å². The molecule has 0 radical (unpaired) electrons. The fourth-order valence-corrected chi connectivity index (χ4v) is 1.49. The Labute approximate surface area is 115 Å². The van der Waals surface area contributed by atoms with Gasteiger partial charge in [0.1, 0.15) is 18.2 Å². The second-order valence-corrected chi connectivity index (χ2v) is 4.89. The third-order valence-electron chi connectivity index (χ3n) is 2.14. The summed E-state index contributed by atoms with van der Waals surface area (Å²) in [5.41, 5.74) is 0.835. The third kappa shape index (κ3) is 6.14. The molecule has 0 aliphatic carbocycles. The second kappa shape index (κ2) is 8.24. The monoisotopic (exact) mass is 317 g/mol. The van der Waals surface area contributed by atoms with Gasteiger partial charge in [-0.2, -0.15) is 0 Å². The number of hydrogen-bond acceptors (Lipinski definition) is 3. The Morgan fingerprint density at radius 2 is 2.22 bits per heavy atom. The van der Waals surface area contributed by atoms with Gasteiger partial charge in [-0.1, -0.05) is 22.5 Å². The van der Waals surface area contributed by atoms with E-state index in [1.54, 1.807) is 13.2 Å². The first kappa shape index (κ1) is 15.1. The van der Waals surface area contributed by atoms with Gasteiger partial charge in [0, 0.05) is 30.7 Å². The van der Waals surface area contributed by atoms with Crippen molar-refractivity contribution in [3.05, 3.63) is 40.6 Å². The summed E-state index contributed by atoms with van der Waals surface area (Å²) in [7, 11) is 1.64. The smallest absolute Gasteiger partial charge is 0.127 e. The van der Waals surface area contributed by atoms with Crippen LogP contribution >= 0.6 is 15.9 Å². The molecule has 0 saturated heterocycles. The van der Waals surface area contributed by atoms with E-state index in [9.17, 15) is 4.39 Å². The molecule has 1 aromatic rings. The third-order valence-corrected chi connectivity index (χ3v) is 2.37. The largest absolute Gasteiger partial charge is 0.488 e. The van der Waals surface area contributed by atoms with E-state index in [1.165, 1.54) is 12.1 Å². The highest BCUT2D eigenvalue weighted by Gasteiger charge is 2.02. The van der Waals surface area contributed by atoms with Crippen LogP contribution in [-0.4, -0.2) is 26.9 Å². The van der Waals surface area contributed by atoms with Gasteiger partial charge >= 0.3 is 0 Å². The van der Waals surface area contributed by atoms with Crippen LogP contribution in [0.3, 0.4) is 0 Å². The zero-order valence-corrected chi connectivity index (χ0v) is 11.9. The lowest BCUT2D eigenvalue weighted by atomic mass is 10.2. The Bertz CT molecular complexity index is 399. The van der Waals surface area contributed by atoms with Crippen LogP contribution in [0.1, 0.15) is 5.56 Å². The molecular formula is C13H17BrFNO2. The van der Waals surface area contributed by atoms with Gasteiger partial charge in [0.15, 0.2) is 0 Å². The molecule has 3 nitrogen and oxygen atoms in total. The molecule has 0 fully saturated rings. The molecule has 0 atom stereocenters. The van der Waals surface area contributed by atoms with Crippen molar-refractivity contribution in [1.29, 1.82) is 0 Å². The normalized spacial score (nSPS) is 10.4. The van der Waals surface area contributed by atoms with Crippen LogP contribution in [0.25, 0.3) is 0 Å². The number of halogens is 2. The minimum Gasteiger partial charge on any atom is -0.488 e. The lowest BCUT2D eigenvalue weighted by Crippen LogP contribution is -2.18. The molecule has 5 heteroatoms. The highest BCUT2D eigenvalue weighted by Crippen LogP contribution is 2.17. The molecule has 0 saturated carbocycles. The van der Waals surface area contributed by atoms with E-state index < -0.39 is 0 Å². The number of nitrogens with one attached hydrogen (secondary N) is 1. The number of methoxy groups -OCH3 is 1. The van der Waals surface area contributed by atoms with Crippen LogP contribution in [0, 0.1) is 5.82 Å². The average Bonchev–Trinajstić information content (AvgIpc) is 2.32. The van der Waals surface area contributed by atoms with Gasteiger partial charge in [0.25, 0.3) is 0 Å². The minimum absolute atomic E-state index is 0.309. The first-order valence-corrected chi connectivity index (χ1v) is 6.36. The first-order chi connectivity index (χ1) is 8.61. The van der Waals surface area contributed by atoms with E-state index in [0.29, 0.717) is 30.0 Å². The maximum Gasteiger partial charge on any atom is 0.127 e. The highest BCUT2D eigenvalue weighted by molar-refractivity contribution is 9.11. The van der Waals surface area contributed by atoms with Crippen LogP contribution in [0.15, 0.2) is 29.3 Å². The Kier molecular flexibility index (Phi) is 6.93. The van der Waals surface area contributed by atoms with Crippen molar-refractivity contribution in [3.63, 3.8) is 0 Å². The quantitative estimate of drug-likeness (QED) is 0.748. The molecular weight excluding hydrogens is 301 g/mol. The number of hydrogen-bond donors (Lipinski definition) is 1. The van der Waals surface area contributed by atoms with Crippen LogP contribution in [-0.2, 0) is 11.3 Å². The number of rotatable bonds is 8. The average molecular weight is 318 g/mol. The summed E-state index contributed by atoms with van der Waals surface area (Å²) in [6.45, 7) is 5.90. The van der Waals surface area contributed by atoms with E-state index in [-0.39, 0.29) is 5.82 Å². The molecule has 0 heterocycles. The van der Waals surface area contributed by atoms with Gasteiger partial charge < -0.3 is 14.8 Å². The summed E-state index contributed by atoms with van der Waals surface area (Å²) in [6, 6.07) is 4.64. The van der Waals surface area contributed by atoms with Crippen molar-refractivity contribution < 1.29 is 13.9 Å². The summed E-state index contributed by atoms with van der Waals surface area (Å²) < 4.78 is 24.4. The van der Waals surface area contributed by atoms with Crippen molar-refractivity contribution >= 4 is 15.9 Å². The highest BCUT2D eigenvalue weighted by atomic mass is 79.9. The lowest BCUT2D eigenvalue weighted by Gasteiger charge is -2.09. The summed E-state index contributed by atoms with van der Waals surface area (Å²) in [6.07, 6.45) is 0.